The predicted molar refractivity (Wildman–Crippen MR) is 91.2 cm³/mol. The fourth-order valence-corrected chi connectivity index (χ4v) is 3.68. The Hall–Kier alpha value is -1.60. The molecule has 1 atom stereocenters. The third-order valence-electron chi connectivity index (χ3n) is 4.18. The maximum atomic E-state index is 12.1. The van der Waals surface area contributed by atoms with Crippen molar-refractivity contribution in [2.45, 2.75) is 24.7 Å². The van der Waals surface area contributed by atoms with E-state index in [1.165, 1.54) is 0 Å². The molecule has 0 radical (unpaired) electrons. The van der Waals surface area contributed by atoms with Gasteiger partial charge in [-0.3, -0.25) is 4.79 Å². The van der Waals surface area contributed by atoms with Crippen LogP contribution < -0.4 is 16.0 Å². The number of anilines is 1. The summed E-state index contributed by atoms with van der Waals surface area (Å²) in [5.41, 5.74) is 6.37. The van der Waals surface area contributed by atoms with Gasteiger partial charge in [-0.25, -0.2) is 8.42 Å². The molecule has 1 heterocycles. The zero-order valence-corrected chi connectivity index (χ0v) is 14.3. The number of nitrogens with zero attached hydrogens (tertiary/aromatic N) is 1. The van der Waals surface area contributed by atoms with E-state index in [2.05, 4.69) is 10.2 Å². The number of rotatable bonds is 6. The number of amides is 1. The summed E-state index contributed by atoms with van der Waals surface area (Å²) in [6.45, 7) is 4.10. The Balaban J connectivity index is 2.05. The number of hydrogen-bond donors (Lipinski definition) is 2. The number of carbonyl (C=O) groups excluding carboxylic acids is 1. The Morgan fingerprint density at radius 3 is 2.65 bits per heavy atom. The fraction of sp³-hybridized carbons (Fsp3) is 0.562. The van der Waals surface area contributed by atoms with Crippen molar-refractivity contribution in [1.82, 2.24) is 5.32 Å². The van der Waals surface area contributed by atoms with Crippen molar-refractivity contribution in [3.63, 3.8) is 0 Å². The van der Waals surface area contributed by atoms with Gasteiger partial charge in [0.05, 0.1) is 16.6 Å². The van der Waals surface area contributed by atoms with Crippen LogP contribution in [0.4, 0.5) is 5.69 Å². The normalized spacial score (nSPS) is 18.7. The Bertz CT molecular complexity index is 628. The first-order valence-electron chi connectivity index (χ1n) is 8.03. The average molecular weight is 339 g/mol. The topological polar surface area (TPSA) is 92.5 Å². The Kier molecular flexibility index (Phi) is 6.01. The van der Waals surface area contributed by atoms with Crippen molar-refractivity contribution >= 4 is 21.4 Å². The number of piperidine rings is 1. The van der Waals surface area contributed by atoms with E-state index in [9.17, 15) is 13.2 Å². The van der Waals surface area contributed by atoms with Crippen LogP contribution in [-0.4, -0.2) is 46.3 Å². The van der Waals surface area contributed by atoms with E-state index in [0.29, 0.717) is 24.5 Å². The third-order valence-corrected chi connectivity index (χ3v) is 5.93. The van der Waals surface area contributed by atoms with Gasteiger partial charge in [0.15, 0.2) is 9.84 Å². The van der Waals surface area contributed by atoms with Gasteiger partial charge in [0, 0.05) is 31.9 Å². The van der Waals surface area contributed by atoms with Crippen LogP contribution >= 0.6 is 0 Å². The lowest BCUT2D eigenvalue weighted by Crippen LogP contribution is -2.44. The molecule has 0 spiro atoms. The summed E-state index contributed by atoms with van der Waals surface area (Å²) in [5, 5.41) is 2.84. The number of nitrogens with one attached hydrogen (secondary N) is 1. The molecule has 1 aromatic rings. The minimum Gasteiger partial charge on any atom is -0.371 e. The first-order valence-corrected chi connectivity index (χ1v) is 9.68. The quantitative estimate of drug-likeness (QED) is 0.799. The summed E-state index contributed by atoms with van der Waals surface area (Å²) in [7, 11) is -3.17. The monoisotopic (exact) mass is 339 g/mol. The highest BCUT2D eigenvalue weighted by molar-refractivity contribution is 7.91. The van der Waals surface area contributed by atoms with E-state index in [1.54, 1.807) is 19.1 Å². The van der Waals surface area contributed by atoms with Crippen LogP contribution in [0.2, 0.25) is 0 Å². The zero-order valence-electron chi connectivity index (χ0n) is 13.5. The Morgan fingerprint density at radius 1 is 1.35 bits per heavy atom. The summed E-state index contributed by atoms with van der Waals surface area (Å²) < 4.78 is 23.7. The lowest BCUT2D eigenvalue weighted by atomic mass is 9.96. The molecule has 1 amide bonds. The molecule has 128 valence electrons. The van der Waals surface area contributed by atoms with Gasteiger partial charge in [0.25, 0.3) is 0 Å². The van der Waals surface area contributed by atoms with Gasteiger partial charge in [-0.15, -0.1) is 0 Å². The van der Waals surface area contributed by atoms with E-state index in [0.717, 1.165) is 25.1 Å². The Morgan fingerprint density at radius 2 is 2.04 bits per heavy atom. The van der Waals surface area contributed by atoms with E-state index >= 15 is 0 Å². The Labute approximate surface area is 138 Å². The number of carbonyl (C=O) groups is 1. The van der Waals surface area contributed by atoms with Crippen LogP contribution in [0, 0.1) is 5.92 Å². The van der Waals surface area contributed by atoms with Gasteiger partial charge >= 0.3 is 0 Å². The molecule has 0 aromatic heterocycles. The van der Waals surface area contributed by atoms with Gasteiger partial charge in [-0.05, 0) is 37.1 Å². The first-order chi connectivity index (χ1) is 11.0. The van der Waals surface area contributed by atoms with Crippen molar-refractivity contribution < 1.29 is 13.2 Å². The maximum Gasteiger partial charge on any atom is 0.224 e. The van der Waals surface area contributed by atoms with Gasteiger partial charge in [0.2, 0.25) is 5.91 Å². The van der Waals surface area contributed by atoms with Crippen LogP contribution in [0.15, 0.2) is 29.2 Å². The molecule has 6 nitrogen and oxygen atoms in total. The summed E-state index contributed by atoms with van der Waals surface area (Å²) in [5.74, 6) is 0.0964. The molecule has 1 aliphatic rings. The molecular weight excluding hydrogens is 314 g/mol. The molecule has 0 bridgehead atoms. The summed E-state index contributed by atoms with van der Waals surface area (Å²) in [6.07, 6.45) is 1.81. The highest BCUT2D eigenvalue weighted by Crippen LogP contribution is 2.25. The number of sulfone groups is 1. The molecule has 0 aliphatic carbocycles. The van der Waals surface area contributed by atoms with Crippen molar-refractivity contribution in [3.8, 4) is 0 Å². The standard InChI is InChI=1S/C16H25N3O3S/c1-2-23(21,22)15-7-5-14(6-8-15)19-11-3-4-13(12-19)16(20)18-10-9-17/h5-8,13H,2-4,9-12,17H2,1H3,(H,18,20). The van der Waals surface area contributed by atoms with Crippen molar-refractivity contribution in [2.75, 3.05) is 36.8 Å². The largest absolute Gasteiger partial charge is 0.371 e. The molecule has 1 aliphatic heterocycles. The first kappa shape index (κ1) is 17.7. The van der Waals surface area contributed by atoms with E-state index < -0.39 is 9.84 Å². The fourth-order valence-electron chi connectivity index (χ4n) is 2.80. The van der Waals surface area contributed by atoms with Crippen LogP contribution in [0.3, 0.4) is 0 Å². The minimum absolute atomic E-state index is 0.0466. The maximum absolute atomic E-state index is 12.1. The van der Waals surface area contributed by atoms with Gasteiger partial charge < -0.3 is 16.0 Å². The SMILES string of the molecule is CCS(=O)(=O)c1ccc(N2CCCC(C(=O)NCCN)C2)cc1. The lowest BCUT2D eigenvalue weighted by Gasteiger charge is -2.33. The second kappa shape index (κ2) is 7.79. The molecule has 1 saturated heterocycles. The van der Waals surface area contributed by atoms with Crippen molar-refractivity contribution in [1.29, 1.82) is 0 Å². The number of nitrogens with two attached hydrogens (primary N) is 1. The highest BCUT2D eigenvalue weighted by atomic mass is 32.2. The number of hydrogen-bond acceptors (Lipinski definition) is 5. The van der Waals surface area contributed by atoms with Gasteiger partial charge in [-0.2, -0.15) is 0 Å². The molecule has 1 aromatic carbocycles. The van der Waals surface area contributed by atoms with Gasteiger partial charge in [0.1, 0.15) is 0 Å². The van der Waals surface area contributed by atoms with Crippen LogP contribution in [0.5, 0.6) is 0 Å². The molecule has 3 N–H and O–H groups in total. The second-order valence-corrected chi connectivity index (χ2v) is 8.04. The van der Waals surface area contributed by atoms with Crippen LogP contribution in [-0.2, 0) is 14.6 Å². The third kappa shape index (κ3) is 4.45. The lowest BCUT2D eigenvalue weighted by molar-refractivity contribution is -0.125. The van der Waals surface area contributed by atoms with Crippen molar-refractivity contribution in [3.05, 3.63) is 24.3 Å². The number of benzene rings is 1. The van der Waals surface area contributed by atoms with Gasteiger partial charge in [-0.1, -0.05) is 6.92 Å². The predicted octanol–water partition coefficient (Wildman–Crippen LogP) is 0.772. The van der Waals surface area contributed by atoms with E-state index in [4.69, 9.17) is 5.73 Å². The summed E-state index contributed by atoms with van der Waals surface area (Å²) in [6, 6.07) is 6.93. The molecular formula is C16H25N3O3S. The van der Waals surface area contributed by atoms with E-state index in [-0.39, 0.29) is 17.6 Å². The summed E-state index contributed by atoms with van der Waals surface area (Å²) in [4.78, 5) is 14.6. The molecule has 1 fully saturated rings. The second-order valence-electron chi connectivity index (χ2n) is 5.76. The average Bonchev–Trinajstić information content (AvgIpc) is 2.60. The van der Waals surface area contributed by atoms with Crippen LogP contribution in [0.25, 0.3) is 0 Å². The minimum atomic E-state index is -3.17. The van der Waals surface area contributed by atoms with Crippen molar-refractivity contribution in [2.24, 2.45) is 11.7 Å². The summed E-state index contributed by atoms with van der Waals surface area (Å²) >= 11 is 0. The molecule has 7 heteroatoms. The smallest absolute Gasteiger partial charge is 0.224 e. The zero-order chi connectivity index (χ0) is 16.9. The molecule has 2 rings (SSSR count). The molecule has 23 heavy (non-hydrogen) atoms. The van der Waals surface area contributed by atoms with Crippen LogP contribution in [0.1, 0.15) is 19.8 Å². The molecule has 1 unspecified atom stereocenters. The highest BCUT2D eigenvalue weighted by Gasteiger charge is 2.25. The molecule has 0 saturated carbocycles. The van der Waals surface area contributed by atoms with E-state index in [1.807, 2.05) is 12.1 Å².